The summed E-state index contributed by atoms with van der Waals surface area (Å²) in [6.07, 6.45) is 5.57. The van der Waals surface area contributed by atoms with E-state index in [0.29, 0.717) is 28.4 Å². The van der Waals surface area contributed by atoms with E-state index in [2.05, 4.69) is 59.5 Å². The van der Waals surface area contributed by atoms with Crippen LogP contribution in [0, 0.1) is 12.7 Å². The van der Waals surface area contributed by atoms with E-state index in [1.165, 1.54) is 18.0 Å². The van der Waals surface area contributed by atoms with Crippen LogP contribution in [0.2, 0.25) is 0 Å². The molecule has 0 atom stereocenters. The van der Waals surface area contributed by atoms with Gasteiger partial charge in [0.1, 0.15) is 29.3 Å². The number of likely N-dealkylation sites (N-methyl/N-ethyl adjacent to an activating group) is 1. The summed E-state index contributed by atoms with van der Waals surface area (Å²) in [6, 6.07) is 9.41. The Hall–Kier alpha value is -3.43. The Bertz CT molecular complexity index is 1420. The number of nitrogens with zero attached hydrogens (tertiary/aromatic N) is 7. The number of nitrogens with one attached hydrogen (secondary N) is 1. The molecule has 4 aromatic rings. The average molecular weight is 501 g/mol. The zero-order valence-corrected chi connectivity index (χ0v) is 21.7. The number of aryl methyl sites for hydroxylation is 1. The third-order valence-electron chi connectivity index (χ3n) is 7.76. The van der Waals surface area contributed by atoms with Crippen LogP contribution in [0.1, 0.15) is 38.1 Å². The van der Waals surface area contributed by atoms with Gasteiger partial charge in [0.15, 0.2) is 5.82 Å². The molecule has 192 valence electrons. The molecule has 0 radical (unpaired) electrons. The third-order valence-corrected chi connectivity index (χ3v) is 7.76. The SMILES string of the molecule is CCN1CCN(Cc2ccc(Nc3cc(-c4cc(F)c5nc(C)n(C6(C)CC6)c5c4)ncn3)nc2)CC1. The van der Waals surface area contributed by atoms with Crippen molar-refractivity contribution in [2.75, 3.05) is 38.0 Å². The van der Waals surface area contributed by atoms with Crippen molar-refractivity contribution in [1.29, 1.82) is 0 Å². The zero-order valence-electron chi connectivity index (χ0n) is 21.7. The minimum atomic E-state index is -0.333. The van der Waals surface area contributed by atoms with Crippen molar-refractivity contribution in [3.8, 4) is 11.3 Å². The summed E-state index contributed by atoms with van der Waals surface area (Å²) in [6.45, 7) is 12.8. The predicted octanol–water partition coefficient (Wildman–Crippen LogP) is 4.73. The molecule has 9 heteroatoms. The summed E-state index contributed by atoms with van der Waals surface area (Å²) < 4.78 is 17.2. The lowest BCUT2D eigenvalue weighted by Gasteiger charge is -2.33. The fraction of sp³-hybridized carbons (Fsp3) is 0.429. The maximum Gasteiger partial charge on any atom is 0.151 e. The van der Waals surface area contributed by atoms with Crippen molar-refractivity contribution in [1.82, 2.24) is 34.3 Å². The molecule has 1 aromatic carbocycles. The lowest BCUT2D eigenvalue weighted by Crippen LogP contribution is -2.45. The van der Waals surface area contributed by atoms with Crippen molar-refractivity contribution in [2.45, 2.75) is 45.7 Å². The number of benzene rings is 1. The van der Waals surface area contributed by atoms with Crippen molar-refractivity contribution in [3.05, 3.63) is 60.1 Å². The molecule has 0 spiro atoms. The highest BCUT2D eigenvalue weighted by Gasteiger charge is 2.41. The summed E-state index contributed by atoms with van der Waals surface area (Å²) in [4.78, 5) is 22.8. The van der Waals surface area contributed by atoms with Crippen LogP contribution in [0.5, 0.6) is 0 Å². The molecule has 1 aliphatic carbocycles. The van der Waals surface area contributed by atoms with Gasteiger partial charge in [-0.3, -0.25) is 4.90 Å². The molecule has 37 heavy (non-hydrogen) atoms. The van der Waals surface area contributed by atoms with Gasteiger partial charge in [-0.05, 0) is 57.0 Å². The van der Waals surface area contributed by atoms with Crippen molar-refractivity contribution in [3.63, 3.8) is 0 Å². The molecule has 1 N–H and O–H groups in total. The first-order valence-electron chi connectivity index (χ1n) is 13.1. The fourth-order valence-electron chi connectivity index (χ4n) is 5.31. The smallest absolute Gasteiger partial charge is 0.151 e. The second-order valence-electron chi connectivity index (χ2n) is 10.5. The summed E-state index contributed by atoms with van der Waals surface area (Å²) in [5.41, 5.74) is 3.79. The highest BCUT2D eigenvalue weighted by molar-refractivity contribution is 5.83. The molecule has 0 bridgehead atoms. The Labute approximate surface area is 216 Å². The maximum atomic E-state index is 15.1. The molecule has 3 aromatic heterocycles. The Morgan fingerprint density at radius 2 is 1.76 bits per heavy atom. The number of anilines is 2. The van der Waals surface area contributed by atoms with Gasteiger partial charge >= 0.3 is 0 Å². The average Bonchev–Trinajstić information content (AvgIpc) is 3.54. The van der Waals surface area contributed by atoms with Crippen molar-refractivity contribution < 1.29 is 4.39 Å². The second kappa shape index (κ2) is 9.46. The van der Waals surface area contributed by atoms with Gasteiger partial charge in [0, 0.05) is 56.1 Å². The van der Waals surface area contributed by atoms with Gasteiger partial charge in [0.25, 0.3) is 0 Å². The van der Waals surface area contributed by atoms with E-state index in [1.807, 2.05) is 31.3 Å². The Morgan fingerprint density at radius 3 is 2.46 bits per heavy atom. The van der Waals surface area contributed by atoms with Gasteiger partial charge in [0.05, 0.1) is 11.2 Å². The molecule has 0 unspecified atom stereocenters. The number of pyridine rings is 1. The molecule has 8 nitrogen and oxygen atoms in total. The summed E-state index contributed by atoms with van der Waals surface area (Å²) in [5, 5.41) is 3.27. The largest absolute Gasteiger partial charge is 0.325 e. The van der Waals surface area contributed by atoms with Gasteiger partial charge < -0.3 is 14.8 Å². The lowest BCUT2D eigenvalue weighted by molar-refractivity contribution is 0.132. The van der Waals surface area contributed by atoms with Crippen LogP contribution < -0.4 is 5.32 Å². The molecule has 1 aliphatic heterocycles. The summed E-state index contributed by atoms with van der Waals surface area (Å²) in [5.74, 6) is 1.83. The van der Waals surface area contributed by atoms with Gasteiger partial charge in [0.2, 0.25) is 0 Å². The number of hydrogen-bond donors (Lipinski definition) is 1. The molecule has 4 heterocycles. The van der Waals surface area contributed by atoms with E-state index >= 15 is 4.39 Å². The minimum absolute atomic E-state index is 0.0178. The summed E-state index contributed by atoms with van der Waals surface area (Å²) >= 11 is 0. The van der Waals surface area contributed by atoms with Crippen LogP contribution in [0.25, 0.3) is 22.3 Å². The minimum Gasteiger partial charge on any atom is -0.325 e. The number of halogens is 1. The van der Waals surface area contributed by atoms with Crippen LogP contribution in [0.15, 0.2) is 42.9 Å². The van der Waals surface area contributed by atoms with E-state index in [9.17, 15) is 0 Å². The maximum absolute atomic E-state index is 15.1. The molecule has 1 saturated heterocycles. The molecule has 6 rings (SSSR count). The molecule has 2 aliphatic rings. The van der Waals surface area contributed by atoms with E-state index in [1.54, 1.807) is 0 Å². The first kappa shape index (κ1) is 23.9. The fourth-order valence-corrected chi connectivity index (χ4v) is 5.31. The van der Waals surface area contributed by atoms with E-state index in [-0.39, 0.29) is 11.4 Å². The summed E-state index contributed by atoms with van der Waals surface area (Å²) in [7, 11) is 0. The van der Waals surface area contributed by atoms with Gasteiger partial charge in [-0.15, -0.1) is 0 Å². The quantitative estimate of drug-likeness (QED) is 0.393. The van der Waals surface area contributed by atoms with E-state index in [0.717, 1.165) is 63.5 Å². The molecular weight excluding hydrogens is 467 g/mol. The third kappa shape index (κ3) is 4.81. The first-order valence-corrected chi connectivity index (χ1v) is 13.1. The van der Waals surface area contributed by atoms with Gasteiger partial charge in [-0.2, -0.15) is 0 Å². The number of rotatable bonds is 7. The van der Waals surface area contributed by atoms with Crippen LogP contribution in [-0.2, 0) is 12.1 Å². The number of hydrogen-bond acceptors (Lipinski definition) is 7. The predicted molar refractivity (Wildman–Crippen MR) is 143 cm³/mol. The topological polar surface area (TPSA) is 75.0 Å². The van der Waals surface area contributed by atoms with Crippen molar-refractivity contribution >= 4 is 22.7 Å². The van der Waals surface area contributed by atoms with Crippen LogP contribution in [-0.4, -0.2) is 67.0 Å². The number of piperazine rings is 1. The van der Waals surface area contributed by atoms with Crippen LogP contribution in [0.4, 0.5) is 16.0 Å². The molecule has 1 saturated carbocycles. The van der Waals surface area contributed by atoms with Crippen LogP contribution >= 0.6 is 0 Å². The van der Waals surface area contributed by atoms with Gasteiger partial charge in [-0.25, -0.2) is 24.3 Å². The molecule has 2 fully saturated rings. The zero-order chi connectivity index (χ0) is 25.6. The monoisotopic (exact) mass is 500 g/mol. The Balaban J connectivity index is 1.19. The highest BCUT2D eigenvalue weighted by atomic mass is 19.1. The van der Waals surface area contributed by atoms with E-state index < -0.39 is 0 Å². The normalized spacial score (nSPS) is 17.8. The van der Waals surface area contributed by atoms with Gasteiger partial charge in [-0.1, -0.05) is 13.0 Å². The number of aromatic nitrogens is 5. The van der Waals surface area contributed by atoms with Crippen molar-refractivity contribution in [2.24, 2.45) is 0 Å². The number of fused-ring (bicyclic) bond motifs is 1. The Morgan fingerprint density at radius 1 is 0.973 bits per heavy atom. The van der Waals surface area contributed by atoms with Crippen LogP contribution in [0.3, 0.4) is 0 Å². The van der Waals surface area contributed by atoms with E-state index in [4.69, 9.17) is 0 Å². The lowest BCUT2D eigenvalue weighted by atomic mass is 10.1. The second-order valence-corrected chi connectivity index (χ2v) is 10.5. The standard InChI is InChI=1S/C28H33FN8/c1-4-35-9-11-36(12-10-35)17-20-5-6-25(30-16-20)34-26-15-23(31-18-32-26)21-13-22(29)27-24(14-21)37(19(2)33-27)28(3)7-8-28/h5-6,13-16,18H,4,7-12,17H2,1-3H3,(H,30,31,32,34). The molecule has 0 amide bonds. The first-order chi connectivity index (χ1) is 17.9. The molecular formula is C28H33FN8. The Kier molecular flexibility index (Phi) is 6.12. The number of imidazole rings is 1. The highest BCUT2D eigenvalue weighted by Crippen LogP contribution is 2.46.